The third-order valence-corrected chi connectivity index (χ3v) is 2.84. The molecule has 0 aliphatic heterocycles. The third kappa shape index (κ3) is 5.80. The van der Waals surface area contributed by atoms with Crippen molar-refractivity contribution in [2.45, 2.75) is 19.8 Å². The molecule has 0 bridgehead atoms. The molecule has 0 unspecified atom stereocenters. The first kappa shape index (κ1) is 14.1. The average molecular weight is 297 g/mol. The number of allylic oxidation sites excluding steroid dienone is 1. The molecule has 0 aliphatic carbocycles. The molecule has 0 N–H and O–H groups in total. The second kappa shape index (κ2) is 8.20. The molecule has 0 aliphatic rings. The van der Waals surface area contributed by atoms with E-state index in [1.54, 1.807) is 0 Å². The minimum Gasteiger partial charge on any atom is -0.377 e. The summed E-state index contributed by atoms with van der Waals surface area (Å²) in [5.41, 5.74) is 0.765. The minimum absolute atomic E-state index is 0.173. The van der Waals surface area contributed by atoms with Gasteiger partial charge in [-0.25, -0.2) is 0 Å². The van der Waals surface area contributed by atoms with Gasteiger partial charge in [0.05, 0.1) is 6.61 Å². The van der Waals surface area contributed by atoms with Crippen LogP contribution in [0.3, 0.4) is 0 Å². The summed E-state index contributed by atoms with van der Waals surface area (Å²) in [6.07, 6.45) is 5.22. The monoisotopic (exact) mass is 296 g/mol. The summed E-state index contributed by atoms with van der Waals surface area (Å²) >= 11 is 3.34. The molecule has 0 aromatic heterocycles. The Kier molecular flexibility index (Phi) is 6.82. The Hall–Kier alpha value is -0.930. The topological polar surface area (TPSA) is 26.3 Å². The maximum absolute atomic E-state index is 11.8. The van der Waals surface area contributed by atoms with E-state index in [1.807, 2.05) is 43.3 Å². The zero-order chi connectivity index (χ0) is 12.5. The summed E-state index contributed by atoms with van der Waals surface area (Å²) in [4.78, 5) is 11.8. The van der Waals surface area contributed by atoms with Gasteiger partial charge in [-0.2, -0.15) is 0 Å². The van der Waals surface area contributed by atoms with Gasteiger partial charge in [-0.15, -0.1) is 0 Å². The Labute approximate surface area is 111 Å². The highest BCUT2D eigenvalue weighted by Crippen LogP contribution is 2.12. The van der Waals surface area contributed by atoms with Crippen LogP contribution in [0.4, 0.5) is 0 Å². The lowest BCUT2D eigenvalue weighted by Crippen LogP contribution is -2.02. The minimum atomic E-state index is 0.173. The van der Waals surface area contributed by atoms with Crippen molar-refractivity contribution in [1.82, 2.24) is 0 Å². The molecule has 0 saturated heterocycles. The number of hydrogen-bond acceptors (Lipinski definition) is 2. The smallest absolute Gasteiger partial charge is 0.162 e. The van der Waals surface area contributed by atoms with Crippen LogP contribution in [-0.4, -0.2) is 19.0 Å². The molecule has 1 aromatic carbocycles. The number of carbonyl (C=O) groups excluding carboxylic acids is 1. The van der Waals surface area contributed by atoms with Gasteiger partial charge in [-0.05, 0) is 25.5 Å². The van der Waals surface area contributed by atoms with Crippen LogP contribution in [0.2, 0.25) is 0 Å². The van der Waals surface area contributed by atoms with Gasteiger partial charge in [0.1, 0.15) is 0 Å². The third-order valence-electron chi connectivity index (χ3n) is 2.31. The van der Waals surface area contributed by atoms with Crippen LogP contribution >= 0.6 is 15.9 Å². The summed E-state index contributed by atoms with van der Waals surface area (Å²) in [7, 11) is 0. The first-order valence-electron chi connectivity index (χ1n) is 5.71. The average Bonchev–Trinajstić information content (AvgIpc) is 2.34. The van der Waals surface area contributed by atoms with Gasteiger partial charge in [0.2, 0.25) is 0 Å². The van der Waals surface area contributed by atoms with Crippen LogP contribution in [0.5, 0.6) is 0 Å². The Balaban J connectivity index is 2.23. The molecule has 0 amide bonds. The van der Waals surface area contributed by atoms with Crippen LogP contribution in [0.15, 0.2) is 40.9 Å². The van der Waals surface area contributed by atoms with Gasteiger partial charge in [0.25, 0.3) is 0 Å². The van der Waals surface area contributed by atoms with Crippen molar-refractivity contribution in [2.24, 2.45) is 0 Å². The molecule has 0 radical (unpaired) electrons. The highest BCUT2D eigenvalue weighted by molar-refractivity contribution is 9.10. The lowest BCUT2D eigenvalue weighted by Gasteiger charge is -2.02. The SMILES string of the molecule is CC=CCOCCCC(=O)c1ccc(Br)cc1. The van der Waals surface area contributed by atoms with Gasteiger partial charge in [0.15, 0.2) is 5.78 Å². The molecular weight excluding hydrogens is 280 g/mol. The van der Waals surface area contributed by atoms with E-state index in [9.17, 15) is 4.79 Å². The van der Waals surface area contributed by atoms with E-state index in [-0.39, 0.29) is 5.78 Å². The first-order chi connectivity index (χ1) is 8.24. The van der Waals surface area contributed by atoms with E-state index in [1.165, 1.54) is 0 Å². The number of hydrogen-bond donors (Lipinski definition) is 0. The number of ketones is 1. The summed E-state index contributed by atoms with van der Waals surface area (Å²) in [5.74, 6) is 0.173. The summed E-state index contributed by atoms with van der Waals surface area (Å²) in [6.45, 7) is 3.22. The quantitative estimate of drug-likeness (QED) is 0.432. The van der Waals surface area contributed by atoms with Crippen molar-refractivity contribution in [1.29, 1.82) is 0 Å². The highest BCUT2D eigenvalue weighted by atomic mass is 79.9. The van der Waals surface area contributed by atoms with Crippen LogP contribution in [0, 0.1) is 0 Å². The fourth-order valence-corrected chi connectivity index (χ4v) is 1.63. The van der Waals surface area contributed by atoms with Gasteiger partial charge in [-0.3, -0.25) is 4.79 Å². The number of carbonyl (C=O) groups is 1. The van der Waals surface area contributed by atoms with Crippen molar-refractivity contribution >= 4 is 21.7 Å². The normalized spacial score (nSPS) is 10.9. The lowest BCUT2D eigenvalue weighted by molar-refractivity contribution is 0.0954. The van der Waals surface area contributed by atoms with Crippen molar-refractivity contribution < 1.29 is 9.53 Å². The number of Topliss-reactive ketones (excluding diaryl/α,β-unsaturated/α-hetero) is 1. The maximum Gasteiger partial charge on any atom is 0.162 e. The van der Waals surface area contributed by atoms with Crippen molar-refractivity contribution in [3.8, 4) is 0 Å². The second-order valence-corrected chi connectivity index (χ2v) is 4.59. The fraction of sp³-hybridized carbons (Fsp3) is 0.357. The molecule has 0 saturated carbocycles. The summed E-state index contributed by atoms with van der Waals surface area (Å²) in [6, 6.07) is 7.45. The van der Waals surface area contributed by atoms with Gasteiger partial charge >= 0.3 is 0 Å². The molecule has 0 atom stereocenters. The summed E-state index contributed by atoms with van der Waals surface area (Å²) < 4.78 is 6.32. The highest BCUT2D eigenvalue weighted by Gasteiger charge is 2.04. The molecule has 1 rings (SSSR count). The van der Waals surface area contributed by atoms with Crippen molar-refractivity contribution in [2.75, 3.05) is 13.2 Å². The van der Waals surface area contributed by atoms with Gasteiger partial charge < -0.3 is 4.74 Å². The van der Waals surface area contributed by atoms with Gasteiger partial charge in [0, 0.05) is 23.1 Å². The number of ether oxygens (including phenoxy) is 1. The van der Waals surface area contributed by atoms with Crippen molar-refractivity contribution in [3.05, 3.63) is 46.5 Å². The Morgan fingerprint density at radius 3 is 2.71 bits per heavy atom. The summed E-state index contributed by atoms with van der Waals surface area (Å²) in [5, 5.41) is 0. The molecule has 92 valence electrons. The number of rotatable bonds is 7. The van der Waals surface area contributed by atoms with Crippen LogP contribution < -0.4 is 0 Å². The molecule has 17 heavy (non-hydrogen) atoms. The van der Waals surface area contributed by atoms with E-state index in [2.05, 4.69) is 15.9 Å². The Morgan fingerprint density at radius 1 is 1.35 bits per heavy atom. The first-order valence-corrected chi connectivity index (χ1v) is 6.51. The van der Waals surface area contributed by atoms with E-state index in [0.717, 1.165) is 16.5 Å². The molecule has 0 fully saturated rings. The Bertz CT molecular complexity index is 368. The van der Waals surface area contributed by atoms with E-state index in [4.69, 9.17) is 4.74 Å². The standard InChI is InChI=1S/C14H17BrO2/c1-2-3-10-17-11-4-5-14(16)12-6-8-13(15)9-7-12/h2-3,6-9H,4-5,10-11H2,1H3. The van der Waals surface area contributed by atoms with E-state index >= 15 is 0 Å². The zero-order valence-electron chi connectivity index (χ0n) is 9.99. The lowest BCUT2D eigenvalue weighted by atomic mass is 10.1. The predicted octanol–water partition coefficient (Wildman–Crippen LogP) is 4.00. The molecule has 3 heteroatoms. The zero-order valence-corrected chi connectivity index (χ0v) is 11.6. The Morgan fingerprint density at radius 2 is 2.06 bits per heavy atom. The van der Waals surface area contributed by atoms with Crippen LogP contribution in [0.25, 0.3) is 0 Å². The molecule has 1 aromatic rings. The molecule has 0 spiro atoms. The van der Waals surface area contributed by atoms with Crippen LogP contribution in [0.1, 0.15) is 30.1 Å². The number of benzene rings is 1. The number of halogens is 1. The van der Waals surface area contributed by atoms with Crippen molar-refractivity contribution in [3.63, 3.8) is 0 Å². The van der Waals surface area contributed by atoms with Gasteiger partial charge in [-0.1, -0.05) is 40.2 Å². The van der Waals surface area contributed by atoms with E-state index < -0.39 is 0 Å². The molecule has 0 heterocycles. The second-order valence-electron chi connectivity index (χ2n) is 3.68. The predicted molar refractivity (Wildman–Crippen MR) is 73.3 cm³/mol. The molecule has 2 nitrogen and oxygen atoms in total. The maximum atomic E-state index is 11.8. The molecular formula is C14H17BrO2. The largest absolute Gasteiger partial charge is 0.377 e. The fourth-order valence-electron chi connectivity index (χ4n) is 1.36. The van der Waals surface area contributed by atoms with Crippen LogP contribution in [-0.2, 0) is 4.74 Å². The van der Waals surface area contributed by atoms with E-state index in [0.29, 0.717) is 19.6 Å².